The maximum absolute atomic E-state index is 12.2. The number of hydrogen-bond donors (Lipinski definition) is 0. The molecule has 0 amide bonds. The first-order valence-electron chi connectivity index (χ1n) is 8.26. The Morgan fingerprint density at radius 3 is 1.29 bits per heavy atom. The van der Waals surface area contributed by atoms with E-state index in [0.717, 1.165) is 0 Å². The minimum absolute atomic E-state index is 0.147. The van der Waals surface area contributed by atoms with E-state index in [2.05, 4.69) is 0 Å². The van der Waals surface area contributed by atoms with Crippen LogP contribution in [0.15, 0.2) is 60.7 Å². The van der Waals surface area contributed by atoms with Gasteiger partial charge in [-0.3, -0.25) is 9.59 Å². The molecule has 0 aromatic heterocycles. The van der Waals surface area contributed by atoms with Crippen molar-refractivity contribution in [1.29, 1.82) is 0 Å². The van der Waals surface area contributed by atoms with Gasteiger partial charge in [0.15, 0.2) is 0 Å². The second-order valence-electron chi connectivity index (χ2n) is 6.02. The lowest BCUT2D eigenvalue weighted by Crippen LogP contribution is -2.30. The molecule has 2 aromatic rings. The van der Waals surface area contributed by atoms with Crippen LogP contribution in [0.3, 0.4) is 0 Å². The zero-order chi connectivity index (χ0) is 16.8. The number of rotatable bonds is 4. The molecule has 0 bridgehead atoms. The third kappa shape index (κ3) is 4.22. The quantitative estimate of drug-likeness (QED) is 0.630. The van der Waals surface area contributed by atoms with Crippen molar-refractivity contribution in [3.63, 3.8) is 0 Å². The Hall–Kier alpha value is -2.62. The Balaban J connectivity index is 1.48. The van der Waals surface area contributed by atoms with Gasteiger partial charge in [0.25, 0.3) is 0 Å². The molecule has 0 aliphatic heterocycles. The molecule has 0 heterocycles. The molecule has 0 atom stereocenters. The molecule has 124 valence electrons. The molecular formula is C20H20O4. The van der Waals surface area contributed by atoms with Gasteiger partial charge in [-0.25, -0.2) is 0 Å². The Morgan fingerprint density at radius 2 is 0.958 bits per heavy atom. The zero-order valence-electron chi connectivity index (χ0n) is 13.4. The summed E-state index contributed by atoms with van der Waals surface area (Å²) in [6.07, 6.45) is 2.61. The number of carbonyl (C=O) groups excluding carboxylic acids is 2. The van der Waals surface area contributed by atoms with Crippen LogP contribution in [0.5, 0.6) is 11.5 Å². The summed E-state index contributed by atoms with van der Waals surface area (Å²) in [5, 5.41) is 0. The van der Waals surface area contributed by atoms with E-state index in [0.29, 0.717) is 37.2 Å². The zero-order valence-corrected chi connectivity index (χ0v) is 13.4. The summed E-state index contributed by atoms with van der Waals surface area (Å²) in [5.41, 5.74) is 0. The van der Waals surface area contributed by atoms with Gasteiger partial charge in [0.2, 0.25) is 0 Å². The van der Waals surface area contributed by atoms with Crippen LogP contribution >= 0.6 is 0 Å². The summed E-state index contributed by atoms with van der Waals surface area (Å²) in [5.74, 6) is 0.408. The molecule has 4 heteroatoms. The molecule has 4 nitrogen and oxygen atoms in total. The third-order valence-corrected chi connectivity index (χ3v) is 4.32. The fourth-order valence-electron chi connectivity index (χ4n) is 2.94. The Morgan fingerprint density at radius 1 is 0.625 bits per heavy atom. The lowest BCUT2D eigenvalue weighted by molar-refractivity contribution is -0.145. The van der Waals surface area contributed by atoms with Gasteiger partial charge >= 0.3 is 11.9 Å². The summed E-state index contributed by atoms with van der Waals surface area (Å²) in [6.45, 7) is 0. The average molecular weight is 324 g/mol. The second kappa shape index (κ2) is 7.77. The highest BCUT2D eigenvalue weighted by atomic mass is 16.5. The number of carbonyl (C=O) groups is 2. The van der Waals surface area contributed by atoms with Crippen LogP contribution in [0.1, 0.15) is 25.7 Å². The van der Waals surface area contributed by atoms with E-state index in [1.54, 1.807) is 24.3 Å². The molecule has 0 N–H and O–H groups in total. The molecule has 0 saturated heterocycles. The molecule has 0 unspecified atom stereocenters. The second-order valence-corrected chi connectivity index (χ2v) is 6.02. The van der Waals surface area contributed by atoms with Crippen LogP contribution in [-0.2, 0) is 9.59 Å². The first-order valence-corrected chi connectivity index (χ1v) is 8.26. The van der Waals surface area contributed by atoms with Crippen molar-refractivity contribution in [3.05, 3.63) is 60.7 Å². The van der Waals surface area contributed by atoms with E-state index in [9.17, 15) is 9.59 Å². The first-order chi connectivity index (χ1) is 11.7. The van der Waals surface area contributed by atoms with E-state index in [1.807, 2.05) is 36.4 Å². The third-order valence-electron chi connectivity index (χ3n) is 4.32. The predicted octanol–water partition coefficient (Wildman–Crippen LogP) is 4.00. The molecule has 2 aromatic carbocycles. The van der Waals surface area contributed by atoms with Crippen LogP contribution in [-0.4, -0.2) is 11.9 Å². The SMILES string of the molecule is O=C(Oc1ccccc1)[C@H]1CC[C@@H](C(=O)Oc2ccccc2)CC1. The molecule has 1 fully saturated rings. The molecule has 1 saturated carbocycles. The van der Waals surface area contributed by atoms with Gasteiger partial charge in [-0.05, 0) is 49.9 Å². The molecular weight excluding hydrogens is 304 g/mol. The van der Waals surface area contributed by atoms with Crippen LogP contribution in [0.2, 0.25) is 0 Å². The van der Waals surface area contributed by atoms with E-state index in [4.69, 9.17) is 9.47 Å². The van der Waals surface area contributed by atoms with Gasteiger partial charge in [-0.1, -0.05) is 36.4 Å². The number of ether oxygens (including phenoxy) is 2. The van der Waals surface area contributed by atoms with E-state index in [1.165, 1.54) is 0 Å². The highest BCUT2D eigenvalue weighted by Crippen LogP contribution is 2.31. The molecule has 24 heavy (non-hydrogen) atoms. The number of para-hydroxylation sites is 2. The lowest BCUT2D eigenvalue weighted by atomic mass is 9.82. The van der Waals surface area contributed by atoms with Crippen molar-refractivity contribution in [2.24, 2.45) is 11.8 Å². The summed E-state index contributed by atoms with van der Waals surface area (Å²) in [7, 11) is 0. The highest BCUT2D eigenvalue weighted by Gasteiger charge is 2.32. The monoisotopic (exact) mass is 324 g/mol. The van der Waals surface area contributed by atoms with Gasteiger partial charge in [-0.2, -0.15) is 0 Å². The number of hydrogen-bond acceptors (Lipinski definition) is 4. The van der Waals surface area contributed by atoms with Crippen molar-refractivity contribution < 1.29 is 19.1 Å². The van der Waals surface area contributed by atoms with E-state index >= 15 is 0 Å². The van der Waals surface area contributed by atoms with Crippen LogP contribution < -0.4 is 9.47 Å². The summed E-state index contributed by atoms with van der Waals surface area (Å²) in [6, 6.07) is 18.1. The maximum Gasteiger partial charge on any atom is 0.314 e. The Bertz CT molecular complexity index is 612. The Labute approximate surface area is 141 Å². The first kappa shape index (κ1) is 16.2. The fraction of sp³-hybridized carbons (Fsp3) is 0.300. The van der Waals surface area contributed by atoms with Crippen molar-refractivity contribution in [2.45, 2.75) is 25.7 Å². The minimum atomic E-state index is -0.212. The molecule has 1 aliphatic carbocycles. The summed E-state index contributed by atoms with van der Waals surface area (Å²) >= 11 is 0. The van der Waals surface area contributed by atoms with E-state index in [-0.39, 0.29) is 23.8 Å². The van der Waals surface area contributed by atoms with Gasteiger partial charge in [0.05, 0.1) is 11.8 Å². The molecule has 0 radical (unpaired) electrons. The normalized spacial score (nSPS) is 20.2. The van der Waals surface area contributed by atoms with Gasteiger partial charge in [0.1, 0.15) is 11.5 Å². The largest absolute Gasteiger partial charge is 0.426 e. The van der Waals surface area contributed by atoms with Gasteiger partial charge < -0.3 is 9.47 Å². The number of esters is 2. The van der Waals surface area contributed by atoms with Crippen molar-refractivity contribution in [1.82, 2.24) is 0 Å². The van der Waals surface area contributed by atoms with Crippen molar-refractivity contribution in [2.75, 3.05) is 0 Å². The van der Waals surface area contributed by atoms with Crippen LogP contribution in [0.4, 0.5) is 0 Å². The number of benzene rings is 2. The topological polar surface area (TPSA) is 52.6 Å². The minimum Gasteiger partial charge on any atom is -0.426 e. The van der Waals surface area contributed by atoms with Crippen LogP contribution in [0, 0.1) is 11.8 Å². The van der Waals surface area contributed by atoms with E-state index < -0.39 is 0 Å². The van der Waals surface area contributed by atoms with Crippen molar-refractivity contribution >= 4 is 11.9 Å². The molecule has 0 spiro atoms. The summed E-state index contributed by atoms with van der Waals surface area (Å²) < 4.78 is 10.8. The average Bonchev–Trinajstić information content (AvgIpc) is 2.63. The lowest BCUT2D eigenvalue weighted by Gasteiger charge is -2.25. The molecule has 3 rings (SSSR count). The van der Waals surface area contributed by atoms with Crippen molar-refractivity contribution in [3.8, 4) is 11.5 Å². The van der Waals surface area contributed by atoms with Gasteiger partial charge in [0, 0.05) is 0 Å². The predicted molar refractivity (Wildman–Crippen MR) is 89.6 cm³/mol. The standard InChI is InChI=1S/C20H20O4/c21-19(23-17-7-3-1-4-8-17)15-11-13-16(14-12-15)20(22)24-18-9-5-2-6-10-18/h1-10,15-16H,11-14H2/t15-,16+. The summed E-state index contributed by atoms with van der Waals surface area (Å²) in [4.78, 5) is 24.4. The smallest absolute Gasteiger partial charge is 0.314 e. The Kier molecular flexibility index (Phi) is 5.26. The molecule has 1 aliphatic rings. The fourth-order valence-corrected chi connectivity index (χ4v) is 2.94. The van der Waals surface area contributed by atoms with Crippen LogP contribution in [0.25, 0.3) is 0 Å². The maximum atomic E-state index is 12.2. The van der Waals surface area contributed by atoms with Gasteiger partial charge in [-0.15, -0.1) is 0 Å². The highest BCUT2D eigenvalue weighted by molar-refractivity contribution is 5.77.